The van der Waals surface area contributed by atoms with Crippen LogP contribution in [0.5, 0.6) is 5.75 Å². The van der Waals surface area contributed by atoms with E-state index in [1.165, 1.54) is 11.6 Å². The third-order valence-electron chi connectivity index (χ3n) is 3.63. The van der Waals surface area contributed by atoms with Gasteiger partial charge < -0.3 is 4.74 Å². The molecule has 1 unspecified atom stereocenters. The number of rotatable bonds is 2. The Bertz CT molecular complexity index is 699. The average molecular weight is 370 g/mol. The maximum atomic E-state index is 13.6. The second-order valence-electron chi connectivity index (χ2n) is 5.91. The van der Waals surface area contributed by atoms with Crippen LogP contribution < -0.4 is 4.74 Å². The minimum absolute atomic E-state index is 0.144. The molecule has 2 aromatic carbocycles. The van der Waals surface area contributed by atoms with Crippen molar-refractivity contribution in [3.05, 3.63) is 63.9 Å². The molecular formula is C17H15BrClFO. The molecule has 1 nitrogen and oxygen atoms in total. The zero-order valence-electron chi connectivity index (χ0n) is 11.8. The lowest BCUT2D eigenvalue weighted by molar-refractivity contribution is 0.138. The Morgan fingerprint density at radius 3 is 2.81 bits per heavy atom. The first-order valence-electron chi connectivity index (χ1n) is 6.77. The summed E-state index contributed by atoms with van der Waals surface area (Å²) in [6.07, 6.45) is 0.868. The molecule has 0 spiro atoms. The first-order chi connectivity index (χ1) is 9.87. The molecule has 0 fully saturated rings. The van der Waals surface area contributed by atoms with Crippen molar-refractivity contribution >= 4 is 27.5 Å². The Hall–Kier alpha value is -1.06. The Balaban J connectivity index is 1.97. The van der Waals surface area contributed by atoms with Gasteiger partial charge in [-0.2, -0.15) is 0 Å². The molecule has 0 amide bonds. The number of fused-ring (bicyclic) bond motifs is 1. The zero-order chi connectivity index (χ0) is 15.2. The molecule has 1 atom stereocenters. The van der Waals surface area contributed by atoms with Crippen molar-refractivity contribution in [1.29, 1.82) is 0 Å². The SMILES string of the molecule is CC1(C)Cc2cc(C(Br)c3cccc(F)c3Cl)ccc2O1. The monoisotopic (exact) mass is 368 g/mol. The van der Waals surface area contributed by atoms with Crippen molar-refractivity contribution in [2.24, 2.45) is 0 Å². The molecule has 0 aromatic heterocycles. The maximum Gasteiger partial charge on any atom is 0.142 e. The van der Waals surface area contributed by atoms with Crippen LogP contribution in [0.2, 0.25) is 5.02 Å². The summed E-state index contributed by atoms with van der Waals surface area (Å²) in [6.45, 7) is 4.14. The van der Waals surface area contributed by atoms with E-state index in [1.807, 2.05) is 18.2 Å². The fourth-order valence-corrected chi connectivity index (χ4v) is 3.72. The molecule has 0 saturated heterocycles. The van der Waals surface area contributed by atoms with Gasteiger partial charge in [-0.1, -0.05) is 51.8 Å². The summed E-state index contributed by atoms with van der Waals surface area (Å²) in [5.74, 6) is 0.526. The molecule has 1 heterocycles. The fourth-order valence-electron chi connectivity index (χ4n) is 2.68. The number of halogens is 3. The largest absolute Gasteiger partial charge is 0.487 e. The van der Waals surface area contributed by atoms with Crippen LogP contribution in [0.3, 0.4) is 0 Å². The minimum Gasteiger partial charge on any atom is -0.487 e. The molecule has 0 saturated carbocycles. The van der Waals surface area contributed by atoms with Crippen LogP contribution in [-0.2, 0) is 6.42 Å². The predicted octanol–water partition coefficient (Wildman–Crippen LogP) is 5.68. The summed E-state index contributed by atoms with van der Waals surface area (Å²) in [4.78, 5) is -0.144. The van der Waals surface area contributed by atoms with Crippen LogP contribution in [-0.4, -0.2) is 5.60 Å². The molecular weight excluding hydrogens is 355 g/mol. The standard InChI is InChI=1S/C17H15BrClFO/c1-17(2)9-11-8-10(6-7-14(11)21-17)15(18)12-4-3-5-13(20)16(12)19/h3-8,15H,9H2,1-2H3. The molecule has 1 aliphatic heterocycles. The normalized spacial score (nSPS) is 17.2. The van der Waals surface area contributed by atoms with Crippen molar-refractivity contribution in [2.45, 2.75) is 30.7 Å². The molecule has 3 rings (SSSR count). The van der Waals surface area contributed by atoms with E-state index in [9.17, 15) is 4.39 Å². The summed E-state index contributed by atoms with van der Waals surface area (Å²) in [7, 11) is 0. The minimum atomic E-state index is -0.399. The molecule has 110 valence electrons. The molecule has 2 aromatic rings. The smallest absolute Gasteiger partial charge is 0.142 e. The van der Waals surface area contributed by atoms with Crippen molar-refractivity contribution in [3.63, 3.8) is 0 Å². The van der Waals surface area contributed by atoms with Crippen LogP contribution in [0.15, 0.2) is 36.4 Å². The Morgan fingerprint density at radius 2 is 2.05 bits per heavy atom. The lowest BCUT2D eigenvalue weighted by atomic mass is 9.97. The Morgan fingerprint density at radius 1 is 1.29 bits per heavy atom. The number of alkyl halides is 1. The Labute approximate surface area is 137 Å². The number of ether oxygens (including phenoxy) is 1. The van der Waals surface area contributed by atoms with E-state index in [0.29, 0.717) is 0 Å². The van der Waals surface area contributed by atoms with Gasteiger partial charge in [0.2, 0.25) is 0 Å². The first kappa shape index (κ1) is 14.9. The lowest BCUT2D eigenvalue weighted by Crippen LogP contribution is -2.24. The third kappa shape index (κ3) is 2.82. The molecule has 1 aliphatic rings. The fraction of sp³-hybridized carbons (Fsp3) is 0.294. The van der Waals surface area contributed by atoms with Crippen molar-refractivity contribution in [2.75, 3.05) is 0 Å². The molecule has 0 N–H and O–H groups in total. The molecule has 0 radical (unpaired) electrons. The predicted molar refractivity (Wildman–Crippen MR) is 87.0 cm³/mol. The second kappa shape index (κ2) is 5.29. The summed E-state index contributed by atoms with van der Waals surface area (Å²) < 4.78 is 19.5. The molecule has 0 aliphatic carbocycles. The van der Waals surface area contributed by atoms with Gasteiger partial charge in [-0.25, -0.2) is 4.39 Å². The van der Waals surface area contributed by atoms with Crippen LogP contribution >= 0.6 is 27.5 Å². The zero-order valence-corrected chi connectivity index (χ0v) is 14.1. The summed E-state index contributed by atoms with van der Waals surface area (Å²) in [6, 6.07) is 10.9. The van der Waals surface area contributed by atoms with Gasteiger partial charge in [0.05, 0.1) is 9.85 Å². The number of hydrogen-bond donors (Lipinski definition) is 0. The average Bonchev–Trinajstić information content (AvgIpc) is 2.73. The third-order valence-corrected chi connectivity index (χ3v) is 5.05. The maximum absolute atomic E-state index is 13.6. The summed E-state index contributed by atoms with van der Waals surface area (Å²) in [5, 5.41) is 0.163. The van der Waals surface area contributed by atoms with E-state index in [0.717, 1.165) is 23.3 Å². The van der Waals surface area contributed by atoms with E-state index in [1.54, 1.807) is 6.07 Å². The van der Waals surface area contributed by atoms with Crippen LogP contribution in [0.1, 0.15) is 35.4 Å². The Kier molecular flexibility index (Phi) is 3.74. The van der Waals surface area contributed by atoms with E-state index < -0.39 is 5.82 Å². The first-order valence-corrected chi connectivity index (χ1v) is 8.06. The van der Waals surface area contributed by atoms with E-state index >= 15 is 0 Å². The second-order valence-corrected chi connectivity index (χ2v) is 7.20. The van der Waals surface area contributed by atoms with Crippen molar-refractivity contribution in [1.82, 2.24) is 0 Å². The van der Waals surface area contributed by atoms with E-state index in [-0.39, 0.29) is 15.5 Å². The highest BCUT2D eigenvalue weighted by Crippen LogP contribution is 2.41. The van der Waals surface area contributed by atoms with Crippen molar-refractivity contribution < 1.29 is 9.13 Å². The van der Waals surface area contributed by atoms with Gasteiger partial charge in [-0.15, -0.1) is 0 Å². The quantitative estimate of drug-likeness (QED) is 0.619. The van der Waals surface area contributed by atoms with Gasteiger partial charge >= 0.3 is 0 Å². The van der Waals surface area contributed by atoms with Crippen LogP contribution in [0.4, 0.5) is 4.39 Å². The summed E-state index contributed by atoms with van der Waals surface area (Å²) in [5.41, 5.74) is 2.78. The number of hydrogen-bond acceptors (Lipinski definition) is 1. The van der Waals surface area contributed by atoms with Gasteiger partial charge in [0.15, 0.2) is 0 Å². The highest BCUT2D eigenvalue weighted by atomic mass is 79.9. The van der Waals surface area contributed by atoms with Crippen molar-refractivity contribution in [3.8, 4) is 5.75 Å². The van der Waals surface area contributed by atoms with Gasteiger partial charge in [0, 0.05) is 6.42 Å². The van der Waals surface area contributed by atoms with Gasteiger partial charge in [0.1, 0.15) is 17.2 Å². The van der Waals surface area contributed by atoms with E-state index in [4.69, 9.17) is 16.3 Å². The van der Waals surface area contributed by atoms with Gasteiger partial charge in [-0.05, 0) is 42.7 Å². The topological polar surface area (TPSA) is 9.23 Å². The van der Waals surface area contributed by atoms with Gasteiger partial charge in [0.25, 0.3) is 0 Å². The van der Waals surface area contributed by atoms with Gasteiger partial charge in [-0.3, -0.25) is 0 Å². The molecule has 4 heteroatoms. The highest BCUT2D eigenvalue weighted by molar-refractivity contribution is 9.09. The van der Waals surface area contributed by atoms with E-state index in [2.05, 4.69) is 35.8 Å². The lowest BCUT2D eigenvalue weighted by Gasteiger charge is -2.16. The van der Waals surface area contributed by atoms with Crippen LogP contribution in [0.25, 0.3) is 0 Å². The molecule has 21 heavy (non-hydrogen) atoms. The molecule has 0 bridgehead atoms. The summed E-state index contributed by atoms with van der Waals surface area (Å²) >= 11 is 9.69. The number of benzene rings is 2. The highest BCUT2D eigenvalue weighted by Gasteiger charge is 2.30. The van der Waals surface area contributed by atoms with Crippen LogP contribution in [0, 0.1) is 5.82 Å².